The minimum atomic E-state index is -3.62. The van der Waals surface area contributed by atoms with Crippen LogP contribution in [0.4, 0.5) is 0 Å². The summed E-state index contributed by atoms with van der Waals surface area (Å²) in [5.41, 5.74) is 1.02. The molecular formula is C18H19N5O4S. The summed E-state index contributed by atoms with van der Waals surface area (Å²) in [6, 6.07) is 9.77. The molecule has 28 heavy (non-hydrogen) atoms. The number of rotatable bonds is 6. The lowest BCUT2D eigenvalue weighted by Crippen LogP contribution is -2.40. The van der Waals surface area contributed by atoms with Crippen molar-refractivity contribution >= 4 is 22.2 Å². The number of nitrogens with zero attached hydrogens (tertiary/aromatic N) is 5. The Hall–Kier alpha value is -2.82. The first-order valence-corrected chi connectivity index (χ1v) is 10.2. The van der Waals surface area contributed by atoms with Gasteiger partial charge in [0.25, 0.3) is 15.9 Å². The Morgan fingerprint density at radius 2 is 1.89 bits per heavy atom. The van der Waals surface area contributed by atoms with Gasteiger partial charge in [-0.05, 0) is 11.6 Å². The zero-order chi connectivity index (χ0) is 19.4. The second kappa shape index (κ2) is 8.05. The average molecular weight is 401 g/mol. The second-order valence-electron chi connectivity index (χ2n) is 6.19. The first-order valence-electron chi connectivity index (χ1n) is 8.77. The van der Waals surface area contributed by atoms with Crippen molar-refractivity contribution in [2.75, 3.05) is 26.3 Å². The normalized spacial score (nSPS) is 16.0. The number of benzene rings is 1. The lowest BCUT2D eigenvalue weighted by atomic mass is 10.2. The van der Waals surface area contributed by atoms with Gasteiger partial charge in [0.1, 0.15) is 0 Å². The van der Waals surface area contributed by atoms with E-state index in [1.165, 1.54) is 16.8 Å². The van der Waals surface area contributed by atoms with Crippen LogP contribution in [0.1, 0.15) is 17.3 Å². The Labute approximate surface area is 162 Å². The molecule has 9 nitrogen and oxygen atoms in total. The lowest BCUT2D eigenvalue weighted by molar-refractivity contribution is 0.0729. The molecule has 1 saturated heterocycles. The number of hydrogen-bond acceptors (Lipinski definition) is 7. The molecule has 10 heteroatoms. The minimum absolute atomic E-state index is 0.00194. The van der Waals surface area contributed by atoms with Crippen LogP contribution in [0.2, 0.25) is 0 Å². The third-order valence-electron chi connectivity index (χ3n) is 4.21. The van der Waals surface area contributed by atoms with Gasteiger partial charge in [-0.25, -0.2) is 13.4 Å². The molecule has 1 fully saturated rings. The van der Waals surface area contributed by atoms with E-state index in [1.807, 2.05) is 36.4 Å². The molecule has 0 atom stereocenters. The third kappa shape index (κ3) is 4.19. The fourth-order valence-corrected chi connectivity index (χ4v) is 4.12. The predicted octanol–water partition coefficient (Wildman–Crippen LogP) is 1.51. The summed E-state index contributed by atoms with van der Waals surface area (Å²) in [4.78, 5) is 8.33. The maximum Gasteiger partial charge on any atom is 0.262 e. The van der Waals surface area contributed by atoms with Gasteiger partial charge in [0.15, 0.2) is 10.9 Å². The number of morpholine rings is 1. The SMILES string of the molecule is O=S(=O)(c1cn(Cc2noc(C=Cc3ccccc3)n2)cn1)N1CCOCC1. The van der Waals surface area contributed by atoms with E-state index in [2.05, 4.69) is 15.1 Å². The standard InChI is InChI=1S/C18H19N5O4S/c24-28(25,23-8-10-26-11-9-23)18-13-22(14-19-18)12-16-20-17(27-21-16)7-6-15-4-2-1-3-5-15/h1-7,13-14H,8-12H2. The number of hydrogen-bond donors (Lipinski definition) is 0. The Kier molecular flexibility index (Phi) is 5.33. The molecule has 0 amide bonds. The smallest absolute Gasteiger partial charge is 0.262 e. The van der Waals surface area contributed by atoms with Crippen molar-refractivity contribution in [3.05, 3.63) is 60.1 Å². The molecule has 2 aromatic heterocycles. The summed E-state index contributed by atoms with van der Waals surface area (Å²) in [7, 11) is -3.62. The lowest BCUT2D eigenvalue weighted by Gasteiger charge is -2.24. The van der Waals surface area contributed by atoms with Gasteiger partial charge in [0.05, 0.1) is 26.1 Å². The third-order valence-corrected chi connectivity index (χ3v) is 5.99. The zero-order valence-electron chi connectivity index (χ0n) is 15.0. The number of imidazole rings is 1. The molecule has 0 aliphatic carbocycles. The van der Waals surface area contributed by atoms with Crippen LogP contribution >= 0.6 is 0 Å². The van der Waals surface area contributed by atoms with Gasteiger partial charge in [0.2, 0.25) is 0 Å². The highest BCUT2D eigenvalue weighted by Crippen LogP contribution is 2.15. The molecule has 0 radical (unpaired) electrons. The number of sulfonamides is 1. The highest BCUT2D eigenvalue weighted by atomic mass is 32.2. The summed E-state index contributed by atoms with van der Waals surface area (Å²) in [6.07, 6.45) is 6.53. The molecule has 3 aromatic rings. The molecular weight excluding hydrogens is 382 g/mol. The summed E-state index contributed by atoms with van der Waals surface area (Å²) >= 11 is 0. The van der Waals surface area contributed by atoms with Crippen LogP contribution in [-0.2, 0) is 21.3 Å². The van der Waals surface area contributed by atoms with E-state index in [0.717, 1.165) is 5.56 Å². The Bertz CT molecular complexity index is 1050. The Morgan fingerprint density at radius 1 is 1.11 bits per heavy atom. The van der Waals surface area contributed by atoms with Crippen molar-refractivity contribution in [1.29, 1.82) is 0 Å². The zero-order valence-corrected chi connectivity index (χ0v) is 15.8. The van der Waals surface area contributed by atoms with Crippen LogP contribution in [0.3, 0.4) is 0 Å². The van der Waals surface area contributed by atoms with Crippen molar-refractivity contribution in [2.45, 2.75) is 11.6 Å². The minimum Gasteiger partial charge on any atom is -0.379 e. The average Bonchev–Trinajstić information content (AvgIpc) is 3.38. The molecule has 1 aliphatic rings. The van der Waals surface area contributed by atoms with Crippen LogP contribution in [0.5, 0.6) is 0 Å². The van der Waals surface area contributed by atoms with Crippen molar-refractivity contribution in [3.63, 3.8) is 0 Å². The highest BCUT2D eigenvalue weighted by Gasteiger charge is 2.28. The maximum absolute atomic E-state index is 12.6. The topological polar surface area (TPSA) is 103 Å². The summed E-state index contributed by atoms with van der Waals surface area (Å²) < 4.78 is 38.6. The van der Waals surface area contributed by atoms with Gasteiger partial charge in [-0.3, -0.25) is 0 Å². The molecule has 0 saturated carbocycles. The molecule has 0 bridgehead atoms. The quantitative estimate of drug-likeness (QED) is 0.617. The van der Waals surface area contributed by atoms with Crippen LogP contribution in [0.15, 0.2) is 52.4 Å². The Morgan fingerprint density at radius 3 is 2.68 bits per heavy atom. The fourth-order valence-electron chi connectivity index (χ4n) is 2.77. The number of ether oxygens (including phenoxy) is 1. The largest absolute Gasteiger partial charge is 0.379 e. The monoisotopic (exact) mass is 401 g/mol. The summed E-state index contributed by atoms with van der Waals surface area (Å²) in [6.45, 7) is 1.70. The van der Waals surface area contributed by atoms with Crippen molar-refractivity contribution in [3.8, 4) is 0 Å². The second-order valence-corrected chi connectivity index (χ2v) is 8.08. The van der Waals surface area contributed by atoms with Crippen molar-refractivity contribution < 1.29 is 17.7 Å². The van der Waals surface area contributed by atoms with Crippen LogP contribution in [-0.4, -0.2) is 58.7 Å². The molecule has 1 aromatic carbocycles. The molecule has 0 N–H and O–H groups in total. The van der Waals surface area contributed by atoms with E-state index < -0.39 is 10.0 Å². The predicted molar refractivity (Wildman–Crippen MR) is 101 cm³/mol. The number of aromatic nitrogens is 4. The van der Waals surface area contributed by atoms with Gasteiger partial charge < -0.3 is 13.8 Å². The van der Waals surface area contributed by atoms with Gasteiger partial charge in [0, 0.05) is 25.4 Å². The van der Waals surface area contributed by atoms with E-state index in [9.17, 15) is 8.42 Å². The molecule has 0 spiro atoms. The summed E-state index contributed by atoms with van der Waals surface area (Å²) in [5.74, 6) is 0.806. The van der Waals surface area contributed by atoms with Gasteiger partial charge >= 0.3 is 0 Å². The molecule has 0 unspecified atom stereocenters. The van der Waals surface area contributed by atoms with E-state index in [0.29, 0.717) is 38.0 Å². The first kappa shape index (κ1) is 18.5. The van der Waals surface area contributed by atoms with E-state index in [-0.39, 0.29) is 11.6 Å². The van der Waals surface area contributed by atoms with Gasteiger partial charge in [-0.2, -0.15) is 9.29 Å². The van der Waals surface area contributed by atoms with E-state index in [1.54, 1.807) is 10.6 Å². The van der Waals surface area contributed by atoms with Crippen molar-refractivity contribution in [1.82, 2.24) is 24.0 Å². The van der Waals surface area contributed by atoms with Gasteiger partial charge in [-0.15, -0.1) is 0 Å². The molecule has 4 rings (SSSR count). The van der Waals surface area contributed by atoms with E-state index in [4.69, 9.17) is 9.26 Å². The van der Waals surface area contributed by atoms with Crippen LogP contribution in [0, 0.1) is 0 Å². The van der Waals surface area contributed by atoms with Crippen molar-refractivity contribution in [2.24, 2.45) is 0 Å². The molecule has 1 aliphatic heterocycles. The van der Waals surface area contributed by atoms with Gasteiger partial charge in [-0.1, -0.05) is 35.5 Å². The van der Waals surface area contributed by atoms with Crippen LogP contribution in [0.25, 0.3) is 12.2 Å². The molecule has 146 valence electrons. The molecule has 3 heterocycles. The van der Waals surface area contributed by atoms with E-state index >= 15 is 0 Å². The fraction of sp³-hybridized carbons (Fsp3) is 0.278. The van der Waals surface area contributed by atoms with Crippen LogP contribution < -0.4 is 0 Å². The summed E-state index contributed by atoms with van der Waals surface area (Å²) in [5, 5.41) is 3.92. The maximum atomic E-state index is 12.6. The Balaban J connectivity index is 1.43. The first-order chi connectivity index (χ1) is 13.6. The highest BCUT2D eigenvalue weighted by molar-refractivity contribution is 7.89.